The van der Waals surface area contributed by atoms with Gasteiger partial charge in [-0.1, -0.05) is 6.92 Å². The smallest absolute Gasteiger partial charge is 0.434 e. The van der Waals surface area contributed by atoms with Crippen LogP contribution in [-0.4, -0.2) is 36.5 Å². The van der Waals surface area contributed by atoms with E-state index in [0.29, 0.717) is 17.9 Å². The number of hydrogen-bond acceptors (Lipinski definition) is 5. The quantitative estimate of drug-likeness (QED) is 0.552. The van der Waals surface area contributed by atoms with E-state index in [1.807, 2.05) is 6.92 Å². The first-order valence-electron chi connectivity index (χ1n) is 6.72. The summed E-state index contributed by atoms with van der Waals surface area (Å²) in [5, 5.41) is 14.2. The number of carbonyl (C=O) groups is 2. The van der Waals surface area contributed by atoms with Crippen LogP contribution in [0.2, 0.25) is 0 Å². The molecule has 0 radical (unpaired) electrons. The molecule has 1 unspecified atom stereocenters. The summed E-state index contributed by atoms with van der Waals surface area (Å²) in [6, 6.07) is 5.57. The van der Waals surface area contributed by atoms with Gasteiger partial charge in [0.15, 0.2) is 0 Å². The first-order valence-corrected chi connectivity index (χ1v) is 6.72. The van der Waals surface area contributed by atoms with E-state index in [-0.39, 0.29) is 19.3 Å². The fourth-order valence-electron chi connectivity index (χ4n) is 1.48. The molecular weight excluding hydrogens is 276 g/mol. The molecule has 1 atom stereocenters. The first-order chi connectivity index (χ1) is 10.1. The van der Waals surface area contributed by atoms with Gasteiger partial charge in [-0.05, 0) is 37.6 Å². The number of aliphatic hydroxyl groups is 1. The molecule has 0 aliphatic rings. The summed E-state index contributed by atoms with van der Waals surface area (Å²) in [6.07, 6.45) is -0.138. The number of anilines is 1. The molecule has 0 heterocycles. The topological polar surface area (TPSA) is 96.9 Å². The summed E-state index contributed by atoms with van der Waals surface area (Å²) in [5.74, 6) is 0.321. The van der Waals surface area contributed by atoms with Gasteiger partial charge in [-0.2, -0.15) is 0 Å². The van der Waals surface area contributed by atoms with E-state index in [4.69, 9.17) is 9.84 Å². The van der Waals surface area contributed by atoms with Gasteiger partial charge >= 0.3 is 12.2 Å². The predicted molar refractivity (Wildman–Crippen MR) is 77.4 cm³/mol. The van der Waals surface area contributed by atoms with Crippen LogP contribution in [0.1, 0.15) is 20.3 Å². The number of amides is 2. The van der Waals surface area contributed by atoms with Gasteiger partial charge in [0.1, 0.15) is 5.75 Å². The van der Waals surface area contributed by atoms with Crippen molar-refractivity contribution in [1.82, 2.24) is 5.32 Å². The highest BCUT2D eigenvalue weighted by molar-refractivity contribution is 5.89. The van der Waals surface area contributed by atoms with E-state index in [0.717, 1.165) is 0 Å². The molecule has 1 aromatic carbocycles. The molecule has 0 spiro atoms. The van der Waals surface area contributed by atoms with Gasteiger partial charge in [-0.25, -0.2) is 9.59 Å². The second-order valence-corrected chi connectivity index (χ2v) is 4.20. The molecule has 0 bridgehead atoms. The van der Waals surface area contributed by atoms with Crippen LogP contribution < -0.4 is 15.4 Å². The zero-order chi connectivity index (χ0) is 15.7. The van der Waals surface area contributed by atoms with Crippen LogP contribution in [-0.2, 0) is 4.74 Å². The number of rotatable bonds is 6. The molecule has 3 N–H and O–H groups in total. The second-order valence-electron chi connectivity index (χ2n) is 4.20. The summed E-state index contributed by atoms with van der Waals surface area (Å²) in [6.45, 7) is 3.67. The van der Waals surface area contributed by atoms with Crippen molar-refractivity contribution in [2.75, 3.05) is 18.5 Å². The molecule has 0 saturated heterocycles. The molecule has 0 aliphatic carbocycles. The molecule has 0 aliphatic heterocycles. The molecule has 116 valence electrons. The summed E-state index contributed by atoms with van der Waals surface area (Å²) in [5.41, 5.74) is 0.538. The highest BCUT2D eigenvalue weighted by Crippen LogP contribution is 2.16. The van der Waals surface area contributed by atoms with E-state index in [1.54, 1.807) is 19.1 Å². The lowest BCUT2D eigenvalue weighted by Crippen LogP contribution is -2.39. The standard InChI is InChI=1S/C14H20N2O5/c1-3-10(9-17)15-13(18)16-11-5-7-12(8-6-11)21-14(19)20-4-2/h5-8,10,17H,3-4,9H2,1-2H3,(H2,15,16,18). The van der Waals surface area contributed by atoms with Crippen LogP contribution in [0.5, 0.6) is 5.75 Å². The number of ether oxygens (including phenoxy) is 2. The fourth-order valence-corrected chi connectivity index (χ4v) is 1.48. The maximum absolute atomic E-state index is 11.6. The average molecular weight is 296 g/mol. The van der Waals surface area contributed by atoms with Gasteiger partial charge in [0, 0.05) is 5.69 Å². The number of aliphatic hydroxyl groups excluding tert-OH is 1. The maximum atomic E-state index is 11.6. The highest BCUT2D eigenvalue weighted by atomic mass is 16.7. The zero-order valence-electron chi connectivity index (χ0n) is 12.1. The molecule has 0 saturated carbocycles. The summed E-state index contributed by atoms with van der Waals surface area (Å²) in [4.78, 5) is 22.8. The number of benzene rings is 1. The summed E-state index contributed by atoms with van der Waals surface area (Å²) >= 11 is 0. The van der Waals surface area contributed by atoms with Crippen molar-refractivity contribution in [3.05, 3.63) is 24.3 Å². The van der Waals surface area contributed by atoms with E-state index in [1.165, 1.54) is 12.1 Å². The Labute approximate surface area is 123 Å². The molecule has 7 heteroatoms. The van der Waals surface area contributed by atoms with E-state index in [9.17, 15) is 9.59 Å². The number of nitrogens with one attached hydrogen (secondary N) is 2. The van der Waals surface area contributed by atoms with Crippen molar-refractivity contribution >= 4 is 17.9 Å². The zero-order valence-corrected chi connectivity index (χ0v) is 12.1. The van der Waals surface area contributed by atoms with Crippen molar-refractivity contribution in [2.24, 2.45) is 0 Å². The fraction of sp³-hybridized carbons (Fsp3) is 0.429. The molecule has 2 amide bonds. The number of hydrogen-bond donors (Lipinski definition) is 3. The van der Waals surface area contributed by atoms with E-state index >= 15 is 0 Å². The number of urea groups is 1. The van der Waals surface area contributed by atoms with Gasteiger partial charge in [0.25, 0.3) is 0 Å². The number of carbonyl (C=O) groups excluding carboxylic acids is 2. The molecule has 1 aromatic rings. The van der Waals surface area contributed by atoms with Crippen molar-refractivity contribution in [2.45, 2.75) is 26.3 Å². The van der Waals surface area contributed by atoms with Crippen molar-refractivity contribution in [3.63, 3.8) is 0 Å². The third kappa shape index (κ3) is 6.13. The molecule has 0 aromatic heterocycles. The van der Waals surface area contributed by atoms with Crippen molar-refractivity contribution in [3.8, 4) is 5.75 Å². The van der Waals surface area contributed by atoms with Crippen LogP contribution in [0.3, 0.4) is 0 Å². The van der Waals surface area contributed by atoms with Crippen LogP contribution >= 0.6 is 0 Å². The molecular formula is C14H20N2O5. The molecule has 7 nitrogen and oxygen atoms in total. The second kappa shape index (κ2) is 8.80. The molecule has 1 rings (SSSR count). The Balaban J connectivity index is 2.50. The average Bonchev–Trinajstić information content (AvgIpc) is 2.47. The SMILES string of the molecule is CCOC(=O)Oc1ccc(NC(=O)NC(CC)CO)cc1. The van der Waals surface area contributed by atoms with E-state index < -0.39 is 12.2 Å². The minimum Gasteiger partial charge on any atom is -0.434 e. The predicted octanol–water partition coefficient (Wildman–Crippen LogP) is 2.11. The minimum absolute atomic E-state index is 0.115. The lowest BCUT2D eigenvalue weighted by atomic mass is 10.2. The molecule has 0 fully saturated rings. The van der Waals surface area contributed by atoms with Gasteiger partial charge in [-0.15, -0.1) is 0 Å². The Hall–Kier alpha value is -2.28. The first kappa shape index (κ1) is 16.8. The van der Waals surface area contributed by atoms with Gasteiger partial charge in [0.2, 0.25) is 0 Å². The lowest BCUT2D eigenvalue weighted by Gasteiger charge is -2.14. The Morgan fingerprint density at radius 1 is 1.24 bits per heavy atom. The monoisotopic (exact) mass is 296 g/mol. The van der Waals surface area contributed by atoms with Crippen LogP contribution in [0.4, 0.5) is 15.3 Å². The summed E-state index contributed by atoms with van der Waals surface area (Å²) < 4.78 is 9.54. The normalized spacial score (nSPS) is 11.4. The van der Waals surface area contributed by atoms with Crippen LogP contribution in [0.15, 0.2) is 24.3 Å². The lowest BCUT2D eigenvalue weighted by molar-refractivity contribution is 0.104. The third-order valence-electron chi connectivity index (χ3n) is 2.62. The largest absolute Gasteiger partial charge is 0.513 e. The third-order valence-corrected chi connectivity index (χ3v) is 2.62. The van der Waals surface area contributed by atoms with Crippen molar-refractivity contribution in [1.29, 1.82) is 0 Å². The Bertz CT molecular complexity index is 457. The van der Waals surface area contributed by atoms with Gasteiger partial charge in [-0.3, -0.25) is 0 Å². The van der Waals surface area contributed by atoms with Gasteiger partial charge in [0.05, 0.1) is 19.3 Å². The minimum atomic E-state index is -0.773. The summed E-state index contributed by atoms with van der Waals surface area (Å²) in [7, 11) is 0. The Kier molecular flexibility index (Phi) is 7.03. The van der Waals surface area contributed by atoms with Crippen LogP contribution in [0, 0.1) is 0 Å². The molecule has 21 heavy (non-hydrogen) atoms. The van der Waals surface area contributed by atoms with E-state index in [2.05, 4.69) is 15.4 Å². The van der Waals surface area contributed by atoms with Crippen molar-refractivity contribution < 1.29 is 24.2 Å². The maximum Gasteiger partial charge on any atom is 0.513 e. The highest BCUT2D eigenvalue weighted by Gasteiger charge is 2.09. The van der Waals surface area contributed by atoms with Crippen LogP contribution in [0.25, 0.3) is 0 Å². The Morgan fingerprint density at radius 3 is 2.43 bits per heavy atom. The van der Waals surface area contributed by atoms with Gasteiger partial charge < -0.3 is 25.2 Å². The Morgan fingerprint density at radius 2 is 1.90 bits per heavy atom.